The fourth-order valence-electron chi connectivity index (χ4n) is 8.84. The van der Waals surface area contributed by atoms with Crippen molar-refractivity contribution in [3.05, 3.63) is 18.7 Å². The summed E-state index contributed by atoms with van der Waals surface area (Å²) in [7, 11) is 0. The van der Waals surface area contributed by atoms with Gasteiger partial charge in [-0.25, -0.2) is 4.98 Å². The molecule has 2 atom stereocenters. The van der Waals surface area contributed by atoms with Crippen molar-refractivity contribution < 1.29 is 19.1 Å². The highest BCUT2D eigenvalue weighted by atomic mass is 16.5. The van der Waals surface area contributed by atoms with Crippen LogP contribution in [0.4, 0.5) is 0 Å². The maximum Gasteiger partial charge on any atom is 0.305 e. The predicted molar refractivity (Wildman–Crippen MR) is 261 cm³/mol. The molecule has 0 spiro atoms. The number of imidazole rings is 1. The van der Waals surface area contributed by atoms with E-state index in [0.717, 1.165) is 58.3 Å². The number of aryl methyl sites for hydroxylation is 1. The van der Waals surface area contributed by atoms with Crippen molar-refractivity contribution in [3.8, 4) is 0 Å². The van der Waals surface area contributed by atoms with Gasteiger partial charge in [-0.1, -0.05) is 195 Å². The quantitative estimate of drug-likeness (QED) is 0.0480. The highest BCUT2D eigenvalue weighted by Gasteiger charge is 2.14. The van der Waals surface area contributed by atoms with Crippen molar-refractivity contribution in [1.82, 2.24) is 14.5 Å². The summed E-state index contributed by atoms with van der Waals surface area (Å²) >= 11 is 0. The van der Waals surface area contributed by atoms with E-state index in [1.807, 2.05) is 12.5 Å². The van der Waals surface area contributed by atoms with Crippen molar-refractivity contribution in [3.63, 3.8) is 0 Å². The van der Waals surface area contributed by atoms with Crippen LogP contribution in [0.1, 0.15) is 265 Å². The van der Waals surface area contributed by atoms with Crippen LogP contribution in [-0.4, -0.2) is 59.2 Å². The molecule has 61 heavy (non-hydrogen) atoms. The average molecular weight is 858 g/mol. The van der Waals surface area contributed by atoms with Gasteiger partial charge in [0, 0.05) is 31.8 Å². The highest BCUT2D eigenvalue weighted by Crippen LogP contribution is 2.22. The van der Waals surface area contributed by atoms with Gasteiger partial charge < -0.3 is 18.9 Å². The van der Waals surface area contributed by atoms with Gasteiger partial charge in [-0.15, -0.1) is 0 Å². The molecule has 2 unspecified atom stereocenters. The minimum atomic E-state index is 0.0150. The van der Waals surface area contributed by atoms with Crippen LogP contribution >= 0.6 is 0 Å². The lowest BCUT2D eigenvalue weighted by atomic mass is 9.95. The Labute approximate surface area is 379 Å². The molecule has 0 saturated heterocycles. The number of carbonyl (C=O) groups is 2. The fraction of sp³-hybridized carbons (Fsp3) is 0.907. The first kappa shape index (κ1) is 57.1. The zero-order valence-electron chi connectivity index (χ0n) is 41.3. The van der Waals surface area contributed by atoms with Crippen molar-refractivity contribution in [2.75, 3.05) is 32.8 Å². The molecule has 1 rings (SSSR count). The SMILES string of the molecule is CCCCCCCCC(CCCCCC)COC(=O)CCCCCCCN(CCCCCCCC(=O)OCC(CCCCCC)CCCCCCCC)CCCn1ccnc1. The maximum atomic E-state index is 12.6. The van der Waals surface area contributed by atoms with E-state index in [9.17, 15) is 9.59 Å². The van der Waals surface area contributed by atoms with E-state index in [1.54, 1.807) is 0 Å². The summed E-state index contributed by atoms with van der Waals surface area (Å²) in [6.07, 6.45) is 50.6. The summed E-state index contributed by atoms with van der Waals surface area (Å²) in [5, 5.41) is 0. The van der Waals surface area contributed by atoms with Crippen molar-refractivity contribution in [1.29, 1.82) is 0 Å². The first-order valence-corrected chi connectivity index (χ1v) is 27.0. The molecule has 7 heteroatoms. The van der Waals surface area contributed by atoms with Gasteiger partial charge in [0.1, 0.15) is 0 Å². The molecule has 0 fully saturated rings. The molecule has 7 nitrogen and oxygen atoms in total. The Kier molecular flexibility index (Phi) is 41.9. The molecule has 0 aliphatic rings. The minimum Gasteiger partial charge on any atom is -0.465 e. The molecular formula is C54H103N3O4. The maximum absolute atomic E-state index is 12.6. The Hall–Kier alpha value is -1.89. The third kappa shape index (κ3) is 38.3. The van der Waals surface area contributed by atoms with Crippen LogP contribution in [-0.2, 0) is 25.6 Å². The fourth-order valence-corrected chi connectivity index (χ4v) is 8.84. The summed E-state index contributed by atoms with van der Waals surface area (Å²) in [6.45, 7) is 14.8. The van der Waals surface area contributed by atoms with E-state index in [2.05, 4.69) is 48.3 Å². The number of nitrogens with zero attached hydrogens (tertiary/aromatic N) is 3. The third-order valence-electron chi connectivity index (χ3n) is 13.0. The van der Waals surface area contributed by atoms with Gasteiger partial charge in [0.15, 0.2) is 0 Å². The molecule has 0 bridgehead atoms. The first-order chi connectivity index (χ1) is 30.0. The third-order valence-corrected chi connectivity index (χ3v) is 13.0. The van der Waals surface area contributed by atoms with E-state index in [1.165, 1.54) is 193 Å². The van der Waals surface area contributed by atoms with Gasteiger partial charge in [0.25, 0.3) is 0 Å². The van der Waals surface area contributed by atoms with Crippen LogP contribution < -0.4 is 0 Å². The Morgan fingerprint density at radius 2 is 0.803 bits per heavy atom. The smallest absolute Gasteiger partial charge is 0.305 e. The van der Waals surface area contributed by atoms with Crippen LogP contribution in [0, 0.1) is 11.8 Å². The molecule has 1 aromatic heterocycles. The average Bonchev–Trinajstić information content (AvgIpc) is 3.79. The molecule has 1 aromatic rings. The zero-order valence-corrected chi connectivity index (χ0v) is 41.3. The predicted octanol–water partition coefficient (Wildman–Crippen LogP) is 16.0. The van der Waals surface area contributed by atoms with Crippen molar-refractivity contribution in [2.45, 2.75) is 272 Å². The lowest BCUT2D eigenvalue weighted by Crippen LogP contribution is -2.28. The molecule has 1 heterocycles. The molecule has 0 aliphatic heterocycles. The summed E-state index contributed by atoms with van der Waals surface area (Å²) in [5.74, 6) is 1.11. The summed E-state index contributed by atoms with van der Waals surface area (Å²) in [6, 6.07) is 0. The second kappa shape index (κ2) is 44.7. The molecule has 0 aromatic carbocycles. The van der Waals surface area contributed by atoms with Gasteiger partial charge in [0.05, 0.1) is 19.5 Å². The number of rotatable bonds is 48. The van der Waals surface area contributed by atoms with Crippen LogP contribution in [0.5, 0.6) is 0 Å². The van der Waals surface area contributed by atoms with Crippen molar-refractivity contribution >= 4 is 11.9 Å². The van der Waals surface area contributed by atoms with E-state index < -0.39 is 0 Å². The molecule has 0 amide bonds. The van der Waals surface area contributed by atoms with Gasteiger partial charge in [-0.2, -0.15) is 0 Å². The van der Waals surface area contributed by atoms with Crippen LogP contribution in [0.15, 0.2) is 18.7 Å². The lowest BCUT2D eigenvalue weighted by Gasteiger charge is -2.22. The van der Waals surface area contributed by atoms with Gasteiger partial charge in [0.2, 0.25) is 0 Å². The number of aromatic nitrogens is 2. The van der Waals surface area contributed by atoms with Gasteiger partial charge in [-0.3, -0.25) is 9.59 Å². The highest BCUT2D eigenvalue weighted by molar-refractivity contribution is 5.69. The van der Waals surface area contributed by atoms with Gasteiger partial charge >= 0.3 is 11.9 Å². The van der Waals surface area contributed by atoms with Crippen LogP contribution in [0.2, 0.25) is 0 Å². The Bertz CT molecular complexity index is 987. The zero-order chi connectivity index (χ0) is 44.1. The number of unbranched alkanes of at least 4 members (excludes halogenated alkanes) is 24. The summed E-state index contributed by atoms with van der Waals surface area (Å²) in [4.78, 5) is 32.2. The molecule has 358 valence electrons. The van der Waals surface area contributed by atoms with Crippen molar-refractivity contribution in [2.24, 2.45) is 11.8 Å². The number of hydrogen-bond acceptors (Lipinski definition) is 6. The topological polar surface area (TPSA) is 73.7 Å². The van der Waals surface area contributed by atoms with Gasteiger partial charge in [-0.05, 0) is 89.3 Å². The van der Waals surface area contributed by atoms with Crippen LogP contribution in [0.25, 0.3) is 0 Å². The second-order valence-electron chi connectivity index (χ2n) is 18.9. The number of carbonyl (C=O) groups excluding carboxylic acids is 2. The molecule has 0 radical (unpaired) electrons. The first-order valence-electron chi connectivity index (χ1n) is 27.0. The largest absolute Gasteiger partial charge is 0.465 e. The molecule has 0 N–H and O–H groups in total. The summed E-state index contributed by atoms with van der Waals surface area (Å²) in [5.41, 5.74) is 0. The molecular weight excluding hydrogens is 755 g/mol. The molecule has 0 saturated carbocycles. The molecule has 0 aliphatic carbocycles. The number of hydrogen-bond donors (Lipinski definition) is 0. The van der Waals surface area contributed by atoms with Crippen LogP contribution in [0.3, 0.4) is 0 Å². The Morgan fingerprint density at radius 3 is 1.20 bits per heavy atom. The van der Waals surface area contributed by atoms with E-state index in [0.29, 0.717) is 37.9 Å². The normalized spacial score (nSPS) is 12.6. The lowest BCUT2D eigenvalue weighted by molar-refractivity contribution is -0.146. The second-order valence-corrected chi connectivity index (χ2v) is 18.9. The van der Waals surface area contributed by atoms with E-state index in [4.69, 9.17) is 9.47 Å². The monoisotopic (exact) mass is 858 g/mol. The van der Waals surface area contributed by atoms with E-state index >= 15 is 0 Å². The minimum absolute atomic E-state index is 0.0150. The van der Waals surface area contributed by atoms with E-state index in [-0.39, 0.29) is 11.9 Å². The number of esters is 2. The number of ether oxygens (including phenoxy) is 2. The standard InChI is InChI=1S/C54H103N3O4/c1-5-9-13-17-21-29-38-51(36-27-15-11-7-3)48-60-53(58)40-31-23-19-25-33-43-56(45-35-46-57-47-42-55-50-57)44-34-26-20-24-32-41-54(59)61-49-52(37-28-16-12-8-4)39-30-22-18-14-10-6-2/h42,47,50-52H,5-41,43-46,48-49H2,1-4H3. The summed E-state index contributed by atoms with van der Waals surface area (Å²) < 4.78 is 13.9. The Balaban J connectivity index is 2.30. The Morgan fingerprint density at radius 1 is 0.459 bits per heavy atom.